The fourth-order valence-electron chi connectivity index (χ4n) is 3.53. The van der Waals surface area contributed by atoms with Gasteiger partial charge in [-0.05, 0) is 0 Å². The molecule has 0 bridgehead atoms. The maximum atomic E-state index is 12.2. The number of fused-ring (bicyclic) bond motifs is 1. The fourth-order valence-corrected chi connectivity index (χ4v) is 5.62. The number of hydrogen-bond acceptors (Lipinski definition) is 16. The summed E-state index contributed by atoms with van der Waals surface area (Å²) in [6.45, 7) is -1.79. The molecule has 0 amide bonds. The molecule has 2 saturated heterocycles. The van der Waals surface area contributed by atoms with Crippen LogP contribution in [0.4, 0.5) is 5.82 Å². The lowest BCUT2D eigenvalue weighted by atomic mass is 10.1. The first kappa shape index (κ1) is 27.4. The summed E-state index contributed by atoms with van der Waals surface area (Å²) < 4.78 is 48.8. The Morgan fingerprint density at radius 2 is 1.47 bits per heavy atom. The number of phosphoric ester groups is 2. The summed E-state index contributed by atoms with van der Waals surface area (Å²) in [5, 5.41) is 49.0. The van der Waals surface area contributed by atoms with E-state index in [2.05, 4.69) is 28.3 Å². The summed E-state index contributed by atoms with van der Waals surface area (Å²) >= 11 is 0. The van der Waals surface area contributed by atoms with E-state index in [9.17, 15) is 44.4 Å². The van der Waals surface area contributed by atoms with Crippen molar-refractivity contribution in [2.24, 2.45) is 0 Å². The fraction of sp³-hybridized carbons (Fsp3) is 0.667. The number of hydrogen-bond donors (Lipinski definition) is 8. The van der Waals surface area contributed by atoms with Crippen LogP contribution in [0.5, 0.6) is 0 Å². The number of phosphoric acid groups is 2. The molecule has 2 fully saturated rings. The number of aromatic nitrogens is 4. The Labute approximate surface area is 200 Å². The first-order valence-corrected chi connectivity index (χ1v) is 13.1. The molecule has 0 spiro atoms. The average Bonchev–Trinajstić information content (AvgIpc) is 3.42. The second-order valence-electron chi connectivity index (χ2n) is 7.79. The summed E-state index contributed by atoms with van der Waals surface area (Å²) in [6, 6.07) is 0. The Balaban J connectivity index is 1.34. The average molecular weight is 559 g/mol. The second-order valence-corrected chi connectivity index (χ2v) is 10.8. The van der Waals surface area contributed by atoms with E-state index in [1.165, 1.54) is 10.9 Å². The summed E-state index contributed by atoms with van der Waals surface area (Å²) in [5.41, 5.74) is 6.09. The quantitative estimate of drug-likeness (QED) is 0.140. The van der Waals surface area contributed by atoms with Crippen molar-refractivity contribution >= 4 is 32.6 Å². The molecular weight excluding hydrogens is 536 g/mol. The van der Waals surface area contributed by atoms with Crippen molar-refractivity contribution in [1.82, 2.24) is 19.5 Å². The topological polar surface area (TPSA) is 292 Å². The van der Waals surface area contributed by atoms with Crippen LogP contribution in [-0.4, -0.2) is 111 Å². The van der Waals surface area contributed by atoms with E-state index in [1.807, 2.05) is 0 Å². The molecule has 9 N–H and O–H groups in total. The Kier molecular flexibility index (Phi) is 7.78. The number of ether oxygens (including phenoxy) is 2. The summed E-state index contributed by atoms with van der Waals surface area (Å²) in [4.78, 5) is 31.3. The predicted molar refractivity (Wildman–Crippen MR) is 111 cm³/mol. The molecule has 2 aromatic rings. The van der Waals surface area contributed by atoms with Gasteiger partial charge in [0.1, 0.15) is 48.5 Å². The SMILES string of the molecule is Nc1ncnc2c1ncn2[C@@H]1OC(COP(=O)(O)OP(=O)(O)OCC2OC(O)[C@H](O)[C@@H]2O)[C@@H](O)[C@H]1O. The number of anilines is 1. The van der Waals surface area contributed by atoms with Crippen LogP contribution in [0.25, 0.3) is 11.2 Å². The van der Waals surface area contributed by atoms with Crippen molar-refractivity contribution < 1.29 is 67.3 Å². The smallest absolute Gasteiger partial charge is 0.387 e. The monoisotopic (exact) mass is 559 g/mol. The van der Waals surface area contributed by atoms with E-state index in [0.717, 1.165) is 6.33 Å². The summed E-state index contributed by atoms with van der Waals surface area (Å²) in [5.74, 6) is 0.0575. The molecule has 19 nitrogen and oxygen atoms in total. The highest BCUT2D eigenvalue weighted by Crippen LogP contribution is 2.60. The second kappa shape index (κ2) is 10.2. The van der Waals surface area contributed by atoms with Gasteiger partial charge in [0.25, 0.3) is 0 Å². The van der Waals surface area contributed by atoms with Gasteiger partial charge in [0.05, 0.1) is 19.5 Å². The molecule has 4 rings (SSSR count). The van der Waals surface area contributed by atoms with Crippen LogP contribution < -0.4 is 5.73 Å². The highest BCUT2D eigenvalue weighted by atomic mass is 31.3. The van der Waals surface area contributed by atoms with E-state index < -0.39 is 78.0 Å². The van der Waals surface area contributed by atoms with E-state index in [-0.39, 0.29) is 17.0 Å². The zero-order valence-electron chi connectivity index (χ0n) is 17.9. The number of aliphatic hydroxyl groups excluding tert-OH is 5. The third-order valence-electron chi connectivity index (χ3n) is 5.35. The van der Waals surface area contributed by atoms with Gasteiger partial charge >= 0.3 is 15.6 Å². The van der Waals surface area contributed by atoms with Gasteiger partial charge in [0.2, 0.25) is 0 Å². The van der Waals surface area contributed by atoms with Crippen molar-refractivity contribution in [3.63, 3.8) is 0 Å². The highest BCUT2D eigenvalue weighted by molar-refractivity contribution is 7.61. The Morgan fingerprint density at radius 1 is 0.889 bits per heavy atom. The molecule has 21 heteroatoms. The van der Waals surface area contributed by atoms with Crippen molar-refractivity contribution in [3.8, 4) is 0 Å². The first-order chi connectivity index (χ1) is 16.8. The van der Waals surface area contributed by atoms with Crippen LogP contribution in [-0.2, 0) is 32.0 Å². The summed E-state index contributed by atoms with van der Waals surface area (Å²) in [6.07, 6.45) is -10.1. The molecule has 0 aromatic carbocycles. The minimum absolute atomic E-state index is 0.0575. The largest absolute Gasteiger partial charge is 0.481 e. The lowest BCUT2D eigenvalue weighted by molar-refractivity contribution is -0.132. The van der Waals surface area contributed by atoms with Crippen LogP contribution in [0, 0.1) is 0 Å². The minimum Gasteiger partial charge on any atom is -0.387 e. The molecular formula is C15H23N5O14P2. The van der Waals surface area contributed by atoms with Crippen molar-refractivity contribution in [2.45, 2.75) is 49.1 Å². The Hall–Kier alpha value is -1.67. The van der Waals surface area contributed by atoms with Crippen LogP contribution in [0.3, 0.4) is 0 Å². The van der Waals surface area contributed by atoms with Gasteiger partial charge in [-0.3, -0.25) is 13.6 Å². The van der Waals surface area contributed by atoms with Gasteiger partial charge in [-0.25, -0.2) is 24.1 Å². The zero-order chi connectivity index (χ0) is 26.4. The number of nitrogens with two attached hydrogens (primary N) is 1. The summed E-state index contributed by atoms with van der Waals surface area (Å²) in [7, 11) is -10.6. The van der Waals surface area contributed by atoms with Crippen LogP contribution in [0.1, 0.15) is 6.23 Å². The van der Waals surface area contributed by atoms with Crippen LogP contribution >= 0.6 is 15.6 Å². The minimum atomic E-state index is -5.31. The number of nitrogen functional groups attached to an aromatic ring is 1. The molecule has 0 radical (unpaired) electrons. The van der Waals surface area contributed by atoms with Gasteiger partial charge < -0.3 is 50.5 Å². The highest BCUT2D eigenvalue weighted by Gasteiger charge is 2.47. The van der Waals surface area contributed by atoms with Crippen molar-refractivity contribution in [1.29, 1.82) is 0 Å². The maximum absolute atomic E-state index is 12.2. The molecule has 0 saturated carbocycles. The lowest BCUT2D eigenvalue weighted by Crippen LogP contribution is -2.34. The van der Waals surface area contributed by atoms with Gasteiger partial charge in [-0.2, -0.15) is 4.31 Å². The molecule has 0 aliphatic carbocycles. The molecule has 36 heavy (non-hydrogen) atoms. The van der Waals surface area contributed by atoms with E-state index in [4.69, 9.17) is 15.2 Å². The molecule has 202 valence electrons. The number of imidazole rings is 1. The van der Waals surface area contributed by atoms with E-state index >= 15 is 0 Å². The predicted octanol–water partition coefficient (Wildman–Crippen LogP) is -3.28. The molecule has 10 atom stereocenters. The number of nitrogens with zero attached hydrogens (tertiary/aromatic N) is 4. The molecule has 2 aliphatic rings. The maximum Gasteiger partial charge on any atom is 0.481 e. The zero-order valence-corrected chi connectivity index (χ0v) is 19.7. The van der Waals surface area contributed by atoms with Crippen LogP contribution in [0.2, 0.25) is 0 Å². The van der Waals surface area contributed by atoms with Gasteiger partial charge in [-0.1, -0.05) is 0 Å². The van der Waals surface area contributed by atoms with E-state index in [0.29, 0.717) is 0 Å². The van der Waals surface area contributed by atoms with Crippen molar-refractivity contribution in [2.75, 3.05) is 18.9 Å². The number of rotatable bonds is 9. The first-order valence-electron chi connectivity index (χ1n) is 10.1. The third kappa shape index (κ3) is 5.59. The normalized spacial score (nSPS) is 36.2. The lowest BCUT2D eigenvalue weighted by Gasteiger charge is -2.20. The van der Waals surface area contributed by atoms with Gasteiger partial charge in [0, 0.05) is 0 Å². The van der Waals surface area contributed by atoms with Gasteiger partial charge in [0.15, 0.2) is 24.0 Å². The Bertz CT molecular complexity index is 1180. The molecule has 5 unspecified atom stereocenters. The van der Waals surface area contributed by atoms with Gasteiger partial charge in [-0.15, -0.1) is 0 Å². The van der Waals surface area contributed by atoms with E-state index in [1.54, 1.807) is 0 Å². The Morgan fingerprint density at radius 3 is 2.06 bits per heavy atom. The molecule has 2 aliphatic heterocycles. The number of aliphatic hydroxyl groups is 5. The van der Waals surface area contributed by atoms with Crippen LogP contribution in [0.15, 0.2) is 12.7 Å². The third-order valence-corrected chi connectivity index (χ3v) is 7.95. The standard InChI is InChI=1S/C15H23N5O14P2/c16-12-7-13(18-3-17-12)20(4-19-7)14-10(23)8(21)5(32-14)1-30-35(26,27)34-36(28,29)31-2-6-9(22)11(24)15(25)33-6/h3-6,8-11,14-15,21-25H,1-2H2,(H,26,27)(H,28,29)(H2,16,17,18)/t5?,6?,8-,9-,10-,11-,14-,15?/m1/s1. The molecule has 4 heterocycles. The van der Waals surface area contributed by atoms with Crippen molar-refractivity contribution in [3.05, 3.63) is 12.7 Å². The molecule has 2 aromatic heterocycles.